The molecule has 2 aromatic rings. The Morgan fingerprint density at radius 3 is 3.14 bits per heavy atom. The number of imidazole rings is 1. The molecule has 2 fully saturated rings. The second-order valence-corrected chi connectivity index (χ2v) is 6.08. The van der Waals surface area contributed by atoms with Gasteiger partial charge in [-0.2, -0.15) is 0 Å². The third-order valence-electron chi connectivity index (χ3n) is 4.35. The number of nitrogens with one attached hydrogen (secondary N) is 1. The quantitative estimate of drug-likeness (QED) is 0.899. The zero-order valence-electron chi connectivity index (χ0n) is 12.2. The van der Waals surface area contributed by atoms with E-state index in [0.29, 0.717) is 6.04 Å². The van der Waals surface area contributed by atoms with E-state index in [-0.39, 0.29) is 0 Å². The molecule has 112 valence electrons. The topological polar surface area (TPSA) is 41.8 Å². The number of ether oxygens (including phenoxy) is 1. The van der Waals surface area contributed by atoms with Crippen LogP contribution >= 0.6 is 0 Å². The molecular weight excluding hydrogens is 264 g/mol. The number of hydrogen-bond acceptors (Lipinski definition) is 4. The van der Waals surface area contributed by atoms with Gasteiger partial charge < -0.3 is 14.5 Å². The Balaban J connectivity index is 1.44. The maximum atomic E-state index is 5.65. The van der Waals surface area contributed by atoms with Gasteiger partial charge in [0.05, 0.1) is 18.9 Å². The number of morpholine rings is 1. The molecule has 1 atom stereocenters. The minimum atomic E-state index is 0.462. The molecule has 0 aromatic carbocycles. The predicted octanol–water partition coefficient (Wildman–Crippen LogP) is 1.29. The van der Waals surface area contributed by atoms with E-state index in [1.165, 1.54) is 12.8 Å². The highest BCUT2D eigenvalue weighted by atomic mass is 16.5. The molecule has 0 radical (unpaired) electrons. The Hall–Kier alpha value is -1.43. The minimum Gasteiger partial charge on any atom is -0.378 e. The Kier molecular flexibility index (Phi) is 3.63. The van der Waals surface area contributed by atoms with Crippen molar-refractivity contribution in [2.24, 2.45) is 0 Å². The lowest BCUT2D eigenvalue weighted by Gasteiger charge is -2.35. The lowest BCUT2D eigenvalue weighted by molar-refractivity contribution is -0.0115. The molecule has 0 bridgehead atoms. The van der Waals surface area contributed by atoms with E-state index >= 15 is 0 Å². The minimum absolute atomic E-state index is 0.462. The fraction of sp³-hybridized carbons (Fsp3) is 0.562. The lowest BCUT2D eigenvalue weighted by Crippen LogP contribution is -2.50. The molecule has 21 heavy (non-hydrogen) atoms. The Morgan fingerprint density at radius 2 is 2.29 bits per heavy atom. The summed E-state index contributed by atoms with van der Waals surface area (Å²) in [5.41, 5.74) is 2.16. The van der Waals surface area contributed by atoms with Crippen molar-refractivity contribution < 1.29 is 4.74 Å². The van der Waals surface area contributed by atoms with Crippen molar-refractivity contribution >= 4 is 5.65 Å². The van der Waals surface area contributed by atoms with Crippen molar-refractivity contribution in [1.82, 2.24) is 19.6 Å². The van der Waals surface area contributed by atoms with E-state index in [9.17, 15) is 0 Å². The van der Waals surface area contributed by atoms with Crippen LogP contribution in [0.3, 0.4) is 0 Å². The monoisotopic (exact) mass is 286 g/mol. The van der Waals surface area contributed by atoms with Crippen LogP contribution in [-0.2, 0) is 11.3 Å². The van der Waals surface area contributed by atoms with Gasteiger partial charge >= 0.3 is 0 Å². The van der Waals surface area contributed by atoms with Gasteiger partial charge in [-0.05, 0) is 25.0 Å². The van der Waals surface area contributed by atoms with Gasteiger partial charge in [0.2, 0.25) is 0 Å². The SMILES string of the molecule is c1ccn2cc(CN3CCOCC3CNC3CC3)nc2c1. The summed E-state index contributed by atoms with van der Waals surface area (Å²) < 4.78 is 7.74. The maximum absolute atomic E-state index is 5.65. The highest BCUT2D eigenvalue weighted by Gasteiger charge is 2.27. The fourth-order valence-electron chi connectivity index (χ4n) is 2.95. The van der Waals surface area contributed by atoms with Crippen molar-refractivity contribution in [1.29, 1.82) is 0 Å². The molecule has 1 unspecified atom stereocenters. The molecule has 1 saturated heterocycles. The van der Waals surface area contributed by atoms with Gasteiger partial charge in [0.25, 0.3) is 0 Å². The molecule has 0 amide bonds. The van der Waals surface area contributed by atoms with Crippen LogP contribution in [0.1, 0.15) is 18.5 Å². The highest BCUT2D eigenvalue weighted by molar-refractivity contribution is 5.39. The number of fused-ring (bicyclic) bond motifs is 1. The average molecular weight is 286 g/mol. The predicted molar refractivity (Wildman–Crippen MR) is 81.2 cm³/mol. The number of hydrogen-bond donors (Lipinski definition) is 1. The van der Waals surface area contributed by atoms with Crippen molar-refractivity contribution in [3.8, 4) is 0 Å². The largest absolute Gasteiger partial charge is 0.378 e. The average Bonchev–Trinajstić information content (AvgIpc) is 3.25. The maximum Gasteiger partial charge on any atom is 0.137 e. The molecule has 4 rings (SSSR count). The molecule has 1 aliphatic heterocycles. The second-order valence-electron chi connectivity index (χ2n) is 6.08. The summed E-state index contributed by atoms with van der Waals surface area (Å²) >= 11 is 0. The zero-order valence-corrected chi connectivity index (χ0v) is 12.2. The first-order chi connectivity index (χ1) is 10.4. The van der Waals surface area contributed by atoms with Crippen molar-refractivity contribution in [2.45, 2.75) is 31.5 Å². The van der Waals surface area contributed by atoms with Gasteiger partial charge in [0.1, 0.15) is 5.65 Å². The number of pyridine rings is 1. The van der Waals surface area contributed by atoms with Gasteiger partial charge in [-0.1, -0.05) is 6.07 Å². The summed E-state index contributed by atoms with van der Waals surface area (Å²) in [4.78, 5) is 7.21. The summed E-state index contributed by atoms with van der Waals surface area (Å²) in [5, 5.41) is 3.62. The molecule has 3 heterocycles. The van der Waals surface area contributed by atoms with Gasteiger partial charge in [-0.25, -0.2) is 4.98 Å². The third kappa shape index (κ3) is 3.10. The molecule has 0 spiro atoms. The molecule has 1 aliphatic carbocycles. The number of rotatable bonds is 5. The first-order valence-corrected chi connectivity index (χ1v) is 7.86. The molecule has 1 N–H and O–H groups in total. The summed E-state index contributed by atoms with van der Waals surface area (Å²) in [6.07, 6.45) is 6.85. The van der Waals surface area contributed by atoms with Crippen LogP contribution in [0.25, 0.3) is 5.65 Å². The van der Waals surface area contributed by atoms with E-state index in [1.54, 1.807) is 0 Å². The first kappa shape index (κ1) is 13.2. The van der Waals surface area contributed by atoms with Crippen LogP contribution < -0.4 is 5.32 Å². The summed E-state index contributed by atoms with van der Waals surface area (Å²) in [6.45, 7) is 4.57. The lowest BCUT2D eigenvalue weighted by atomic mass is 10.2. The van der Waals surface area contributed by atoms with Crippen LogP contribution in [0.5, 0.6) is 0 Å². The number of nitrogens with zero attached hydrogens (tertiary/aromatic N) is 3. The van der Waals surface area contributed by atoms with Gasteiger partial charge in [-0.15, -0.1) is 0 Å². The van der Waals surface area contributed by atoms with Crippen LogP contribution in [0.4, 0.5) is 0 Å². The van der Waals surface area contributed by atoms with E-state index in [1.807, 2.05) is 12.1 Å². The molecule has 2 aromatic heterocycles. The van der Waals surface area contributed by atoms with E-state index in [4.69, 9.17) is 9.72 Å². The fourth-order valence-corrected chi connectivity index (χ4v) is 2.95. The van der Waals surface area contributed by atoms with E-state index < -0.39 is 0 Å². The smallest absolute Gasteiger partial charge is 0.137 e. The molecular formula is C16H22N4O. The van der Waals surface area contributed by atoms with Gasteiger partial charge in [0, 0.05) is 44.1 Å². The second kappa shape index (κ2) is 5.75. The van der Waals surface area contributed by atoms with Gasteiger partial charge in [-0.3, -0.25) is 4.90 Å². The van der Waals surface area contributed by atoms with Crippen molar-refractivity contribution in [2.75, 3.05) is 26.3 Å². The Labute approximate surface area is 124 Å². The standard InChI is InChI=1S/C16H22N4O/c1-2-6-20-11-14(18-16(20)3-1)10-19-7-8-21-12-15(19)9-17-13-4-5-13/h1-3,6,11,13,15,17H,4-5,7-10,12H2. The van der Waals surface area contributed by atoms with Gasteiger partial charge in [0.15, 0.2) is 0 Å². The summed E-state index contributed by atoms with van der Waals surface area (Å²) in [6, 6.07) is 7.33. The van der Waals surface area contributed by atoms with Crippen LogP contribution in [-0.4, -0.2) is 52.7 Å². The van der Waals surface area contributed by atoms with Crippen molar-refractivity contribution in [3.05, 3.63) is 36.3 Å². The molecule has 2 aliphatic rings. The van der Waals surface area contributed by atoms with E-state index in [0.717, 1.165) is 50.2 Å². The first-order valence-electron chi connectivity index (χ1n) is 7.86. The summed E-state index contributed by atoms with van der Waals surface area (Å²) in [7, 11) is 0. The van der Waals surface area contributed by atoms with Crippen molar-refractivity contribution in [3.63, 3.8) is 0 Å². The zero-order chi connectivity index (χ0) is 14.1. The van der Waals surface area contributed by atoms with Crippen LogP contribution in [0.2, 0.25) is 0 Å². The van der Waals surface area contributed by atoms with E-state index in [2.05, 4.69) is 33.1 Å². The number of aromatic nitrogens is 2. The summed E-state index contributed by atoms with van der Waals surface area (Å²) in [5.74, 6) is 0. The third-order valence-corrected chi connectivity index (χ3v) is 4.35. The molecule has 5 nitrogen and oxygen atoms in total. The molecule has 5 heteroatoms. The molecule has 1 saturated carbocycles. The highest BCUT2D eigenvalue weighted by Crippen LogP contribution is 2.19. The van der Waals surface area contributed by atoms with Crippen LogP contribution in [0, 0.1) is 0 Å². The van der Waals surface area contributed by atoms with Crippen LogP contribution in [0.15, 0.2) is 30.6 Å². The Bertz CT molecular complexity index is 574. The normalized spacial score (nSPS) is 23.7. The Morgan fingerprint density at radius 1 is 1.33 bits per heavy atom.